The van der Waals surface area contributed by atoms with Crippen molar-refractivity contribution >= 4 is 24.4 Å². The summed E-state index contributed by atoms with van der Waals surface area (Å²) < 4.78 is 0. The number of fused-ring (bicyclic) bond motifs is 1. The molecule has 0 bridgehead atoms. The van der Waals surface area contributed by atoms with Gasteiger partial charge in [0.05, 0.1) is 11.3 Å². The Morgan fingerprint density at radius 1 is 1.37 bits per heavy atom. The van der Waals surface area contributed by atoms with E-state index in [-0.39, 0.29) is 5.91 Å². The Hall–Kier alpha value is -1.79. The predicted octanol–water partition coefficient (Wildman–Crippen LogP) is 1.60. The lowest BCUT2D eigenvalue weighted by atomic mass is 10.1. The molecule has 6 heteroatoms. The zero-order valence-electron chi connectivity index (χ0n) is 10.2. The average Bonchev–Trinajstić information content (AvgIpc) is 2.83. The van der Waals surface area contributed by atoms with E-state index < -0.39 is 0 Å². The van der Waals surface area contributed by atoms with Gasteiger partial charge in [-0.1, -0.05) is 12.1 Å². The summed E-state index contributed by atoms with van der Waals surface area (Å²) in [5.41, 5.74) is 2.68. The van der Waals surface area contributed by atoms with E-state index in [4.69, 9.17) is 0 Å². The Morgan fingerprint density at radius 2 is 2.21 bits per heavy atom. The van der Waals surface area contributed by atoms with Gasteiger partial charge in [0, 0.05) is 17.0 Å². The van der Waals surface area contributed by atoms with Gasteiger partial charge in [0.2, 0.25) is 0 Å². The van der Waals surface area contributed by atoms with Gasteiger partial charge < -0.3 is 10.6 Å². The van der Waals surface area contributed by atoms with E-state index in [0.29, 0.717) is 16.3 Å². The van der Waals surface area contributed by atoms with Crippen molar-refractivity contribution in [3.63, 3.8) is 0 Å². The van der Waals surface area contributed by atoms with Gasteiger partial charge in [-0.15, -0.1) is 12.6 Å². The number of nitrogens with zero attached hydrogens (tertiary/aromatic N) is 1. The molecule has 0 spiro atoms. The molecule has 0 atom stereocenters. The van der Waals surface area contributed by atoms with E-state index in [2.05, 4.69) is 33.5 Å². The summed E-state index contributed by atoms with van der Waals surface area (Å²) in [4.78, 5) is 12.8. The molecule has 3 N–H and O–H groups in total. The fourth-order valence-corrected chi connectivity index (χ4v) is 2.45. The Kier molecular flexibility index (Phi) is 3.27. The van der Waals surface area contributed by atoms with Crippen molar-refractivity contribution in [3.05, 3.63) is 41.1 Å². The number of amides is 1. The van der Waals surface area contributed by atoms with E-state index in [0.717, 1.165) is 30.8 Å². The molecular weight excluding hydrogens is 260 g/mol. The van der Waals surface area contributed by atoms with Crippen molar-refractivity contribution in [1.82, 2.24) is 15.5 Å². The van der Waals surface area contributed by atoms with Gasteiger partial charge in [-0.05, 0) is 25.1 Å². The molecule has 98 valence electrons. The molecule has 2 heterocycles. The maximum absolute atomic E-state index is 12.2. The van der Waals surface area contributed by atoms with Crippen LogP contribution in [0.4, 0.5) is 5.82 Å². The number of carbonyl (C=O) groups excluding carboxylic acids is 1. The zero-order valence-corrected chi connectivity index (χ0v) is 11.1. The summed E-state index contributed by atoms with van der Waals surface area (Å²) in [6, 6.07) is 7.21. The smallest absolute Gasteiger partial charge is 0.257 e. The summed E-state index contributed by atoms with van der Waals surface area (Å²) >= 11 is 4.29. The lowest BCUT2D eigenvalue weighted by molar-refractivity contribution is 0.102. The molecule has 1 aliphatic rings. The number of H-pyrrole nitrogens is 1. The minimum Gasteiger partial charge on any atom is -0.311 e. The zero-order chi connectivity index (χ0) is 13.2. The van der Waals surface area contributed by atoms with E-state index in [1.165, 1.54) is 0 Å². The van der Waals surface area contributed by atoms with E-state index in [9.17, 15) is 4.79 Å². The van der Waals surface area contributed by atoms with E-state index in [1.54, 1.807) is 12.1 Å². The molecule has 1 amide bonds. The van der Waals surface area contributed by atoms with E-state index in [1.807, 2.05) is 12.1 Å². The molecule has 0 fully saturated rings. The second kappa shape index (κ2) is 5.07. The van der Waals surface area contributed by atoms with Crippen LogP contribution >= 0.6 is 12.6 Å². The first kappa shape index (κ1) is 12.3. The van der Waals surface area contributed by atoms with Crippen LogP contribution in [0.15, 0.2) is 29.2 Å². The third-order valence-electron chi connectivity index (χ3n) is 3.19. The van der Waals surface area contributed by atoms with Crippen molar-refractivity contribution in [3.8, 4) is 0 Å². The number of anilines is 1. The molecule has 3 rings (SSSR count). The van der Waals surface area contributed by atoms with Crippen molar-refractivity contribution in [2.45, 2.75) is 17.9 Å². The number of rotatable bonds is 2. The molecular formula is C13H14N4OS. The first-order valence-electron chi connectivity index (χ1n) is 6.12. The summed E-state index contributed by atoms with van der Waals surface area (Å²) in [6.45, 7) is 1.67. The highest BCUT2D eigenvalue weighted by Crippen LogP contribution is 2.21. The summed E-state index contributed by atoms with van der Waals surface area (Å²) in [5.74, 6) is 0.441. The second-order valence-electron chi connectivity index (χ2n) is 4.43. The van der Waals surface area contributed by atoms with Gasteiger partial charge in [-0.2, -0.15) is 5.10 Å². The monoisotopic (exact) mass is 274 g/mol. The molecule has 0 aliphatic carbocycles. The van der Waals surface area contributed by atoms with E-state index >= 15 is 0 Å². The van der Waals surface area contributed by atoms with Crippen molar-refractivity contribution in [2.75, 3.05) is 11.9 Å². The van der Waals surface area contributed by atoms with Crippen LogP contribution < -0.4 is 10.6 Å². The molecule has 2 aromatic rings. The standard InChI is InChI=1S/C13H14N4OS/c18-13(9-3-1-2-4-11(9)19)15-12-8-5-6-14-7-10(8)16-17-12/h1-4,14,19H,5-7H2,(H2,15,16,17,18). The quantitative estimate of drug-likeness (QED) is 0.629. The molecule has 5 nitrogen and oxygen atoms in total. The Morgan fingerprint density at radius 3 is 3.05 bits per heavy atom. The van der Waals surface area contributed by atoms with Crippen LogP contribution in [-0.2, 0) is 13.0 Å². The van der Waals surface area contributed by atoms with Crippen LogP contribution in [0.25, 0.3) is 0 Å². The largest absolute Gasteiger partial charge is 0.311 e. The number of aromatic nitrogens is 2. The molecule has 0 unspecified atom stereocenters. The highest BCUT2D eigenvalue weighted by Gasteiger charge is 2.19. The second-order valence-corrected chi connectivity index (χ2v) is 4.91. The first-order valence-corrected chi connectivity index (χ1v) is 6.56. The molecule has 0 saturated carbocycles. The van der Waals surface area contributed by atoms with Crippen LogP contribution in [-0.4, -0.2) is 22.6 Å². The maximum atomic E-state index is 12.2. The van der Waals surface area contributed by atoms with Gasteiger partial charge in [0.1, 0.15) is 0 Å². The SMILES string of the molecule is O=C(Nc1n[nH]c2c1CCNC2)c1ccccc1S. The maximum Gasteiger partial charge on any atom is 0.257 e. The highest BCUT2D eigenvalue weighted by molar-refractivity contribution is 7.80. The number of hydrogen-bond donors (Lipinski definition) is 4. The van der Waals surface area contributed by atoms with Crippen molar-refractivity contribution in [2.24, 2.45) is 0 Å². The van der Waals surface area contributed by atoms with Crippen LogP contribution in [0.3, 0.4) is 0 Å². The first-order chi connectivity index (χ1) is 9.25. The number of carbonyl (C=O) groups is 1. The van der Waals surface area contributed by atoms with Gasteiger partial charge >= 0.3 is 0 Å². The molecule has 19 heavy (non-hydrogen) atoms. The number of thiol groups is 1. The lowest BCUT2D eigenvalue weighted by Crippen LogP contribution is -2.24. The van der Waals surface area contributed by atoms with Crippen LogP contribution in [0.1, 0.15) is 21.6 Å². The molecule has 1 aromatic heterocycles. The number of nitrogens with one attached hydrogen (secondary N) is 3. The van der Waals surface area contributed by atoms with Crippen LogP contribution in [0, 0.1) is 0 Å². The van der Waals surface area contributed by atoms with Gasteiger partial charge in [0.25, 0.3) is 5.91 Å². The molecule has 0 saturated heterocycles. The summed E-state index contributed by atoms with van der Waals surface area (Å²) in [5, 5.41) is 13.2. The third kappa shape index (κ3) is 2.36. The fourth-order valence-electron chi connectivity index (χ4n) is 2.19. The number of benzene rings is 1. The topological polar surface area (TPSA) is 69.8 Å². The average molecular weight is 274 g/mol. The molecule has 0 radical (unpaired) electrons. The number of aromatic amines is 1. The van der Waals surface area contributed by atoms with Crippen molar-refractivity contribution in [1.29, 1.82) is 0 Å². The Bertz CT molecular complexity index is 623. The summed E-state index contributed by atoms with van der Waals surface area (Å²) in [6.07, 6.45) is 0.865. The van der Waals surface area contributed by atoms with Crippen molar-refractivity contribution < 1.29 is 4.79 Å². The molecule has 1 aromatic carbocycles. The minimum absolute atomic E-state index is 0.182. The third-order valence-corrected chi connectivity index (χ3v) is 3.58. The van der Waals surface area contributed by atoms with Crippen LogP contribution in [0.5, 0.6) is 0 Å². The predicted molar refractivity (Wildman–Crippen MR) is 75.6 cm³/mol. The number of hydrogen-bond acceptors (Lipinski definition) is 4. The van der Waals surface area contributed by atoms with Gasteiger partial charge in [0.15, 0.2) is 5.82 Å². The molecule has 1 aliphatic heterocycles. The van der Waals surface area contributed by atoms with Gasteiger partial charge in [-0.3, -0.25) is 9.89 Å². The summed E-state index contributed by atoms with van der Waals surface area (Å²) in [7, 11) is 0. The lowest BCUT2D eigenvalue weighted by Gasteiger charge is -2.13. The minimum atomic E-state index is -0.182. The fraction of sp³-hybridized carbons (Fsp3) is 0.231. The highest BCUT2D eigenvalue weighted by atomic mass is 32.1. The Balaban J connectivity index is 1.84. The Labute approximate surface area is 116 Å². The van der Waals surface area contributed by atoms with Gasteiger partial charge in [-0.25, -0.2) is 0 Å². The van der Waals surface area contributed by atoms with Crippen LogP contribution in [0.2, 0.25) is 0 Å². The normalized spacial score (nSPS) is 13.9.